The van der Waals surface area contributed by atoms with Crippen LogP contribution in [0, 0.1) is 0 Å². The molecule has 102 valence electrons. The van der Waals surface area contributed by atoms with Crippen LogP contribution in [0.5, 0.6) is 0 Å². The molecule has 0 unspecified atom stereocenters. The average molecular weight is 254 g/mol. The topological polar surface area (TPSA) is 73.5 Å². The molecule has 0 aromatic heterocycles. The summed E-state index contributed by atoms with van der Waals surface area (Å²) < 4.78 is 0. The van der Waals surface area contributed by atoms with E-state index in [1.165, 1.54) is 19.3 Å². The number of nitrogens with zero attached hydrogens (tertiary/aromatic N) is 1. The second-order valence-corrected chi connectivity index (χ2v) is 5.00. The third kappa shape index (κ3) is 3.43. The Labute approximate surface area is 107 Å². The Morgan fingerprint density at radius 3 is 2.39 bits per heavy atom. The molecule has 2 rings (SSSR count). The number of carbonyl (C=O) groups excluding carboxylic acids is 2. The fourth-order valence-corrected chi connectivity index (χ4v) is 2.72. The summed E-state index contributed by atoms with van der Waals surface area (Å²) in [4.78, 5) is 25.4. The van der Waals surface area contributed by atoms with E-state index in [4.69, 9.17) is 0 Å². The molecule has 2 aliphatic rings. The van der Waals surface area contributed by atoms with Crippen LogP contribution in [0.25, 0.3) is 0 Å². The quantitative estimate of drug-likeness (QED) is 0.579. The van der Waals surface area contributed by atoms with Crippen molar-refractivity contribution >= 4 is 11.8 Å². The van der Waals surface area contributed by atoms with E-state index >= 15 is 0 Å². The van der Waals surface area contributed by atoms with Gasteiger partial charge in [0, 0.05) is 19.1 Å². The first-order chi connectivity index (χ1) is 8.79. The Morgan fingerprint density at radius 1 is 1.00 bits per heavy atom. The van der Waals surface area contributed by atoms with Crippen LogP contribution in [0.1, 0.15) is 44.9 Å². The SMILES string of the molecule is O=C1NNNCCN(C2CCCCCCC2)C1=O. The molecule has 0 atom stereocenters. The average Bonchev–Trinajstić information content (AvgIpc) is 2.32. The molecule has 0 aromatic rings. The van der Waals surface area contributed by atoms with Gasteiger partial charge in [-0.3, -0.25) is 15.0 Å². The molecule has 2 amide bonds. The Morgan fingerprint density at radius 2 is 1.67 bits per heavy atom. The van der Waals surface area contributed by atoms with Crippen LogP contribution >= 0.6 is 0 Å². The first kappa shape index (κ1) is 13.3. The highest BCUT2D eigenvalue weighted by molar-refractivity contribution is 6.34. The molecule has 18 heavy (non-hydrogen) atoms. The minimum Gasteiger partial charge on any atom is -0.330 e. The van der Waals surface area contributed by atoms with Gasteiger partial charge in [0.1, 0.15) is 0 Å². The van der Waals surface area contributed by atoms with E-state index in [9.17, 15) is 9.59 Å². The highest BCUT2D eigenvalue weighted by Crippen LogP contribution is 2.21. The van der Waals surface area contributed by atoms with Crippen LogP contribution < -0.4 is 16.4 Å². The van der Waals surface area contributed by atoms with Gasteiger partial charge in [0.2, 0.25) is 0 Å². The smallest absolute Gasteiger partial charge is 0.324 e. The molecule has 1 saturated carbocycles. The lowest BCUT2D eigenvalue weighted by atomic mass is 9.95. The minimum atomic E-state index is -0.579. The number of amides is 2. The molecule has 0 aromatic carbocycles. The van der Waals surface area contributed by atoms with E-state index in [-0.39, 0.29) is 6.04 Å². The molecule has 6 nitrogen and oxygen atoms in total. The maximum absolute atomic E-state index is 12.0. The molecule has 2 fully saturated rings. The van der Waals surface area contributed by atoms with Gasteiger partial charge in [0.15, 0.2) is 0 Å². The van der Waals surface area contributed by atoms with Gasteiger partial charge < -0.3 is 4.90 Å². The summed E-state index contributed by atoms with van der Waals surface area (Å²) in [5.74, 6) is -0.987. The van der Waals surface area contributed by atoms with E-state index in [0.29, 0.717) is 13.1 Å². The second kappa shape index (κ2) is 6.70. The number of nitrogens with one attached hydrogen (secondary N) is 3. The summed E-state index contributed by atoms with van der Waals surface area (Å²) >= 11 is 0. The molecular weight excluding hydrogens is 232 g/mol. The largest absolute Gasteiger partial charge is 0.330 e. The molecule has 1 aliphatic heterocycles. The summed E-state index contributed by atoms with van der Waals surface area (Å²) in [6, 6.07) is 0.225. The van der Waals surface area contributed by atoms with Crippen LogP contribution in [0.2, 0.25) is 0 Å². The normalized spacial score (nSPS) is 24.8. The molecule has 1 saturated heterocycles. The molecular formula is C12H22N4O2. The predicted molar refractivity (Wildman–Crippen MR) is 67.1 cm³/mol. The van der Waals surface area contributed by atoms with Crippen molar-refractivity contribution in [1.29, 1.82) is 0 Å². The molecule has 1 aliphatic carbocycles. The summed E-state index contributed by atoms with van der Waals surface area (Å²) in [6.45, 7) is 1.23. The predicted octanol–water partition coefficient (Wildman–Crippen LogP) is 0.0669. The highest BCUT2D eigenvalue weighted by Gasteiger charge is 2.29. The van der Waals surface area contributed by atoms with Crippen molar-refractivity contribution in [3.8, 4) is 0 Å². The van der Waals surface area contributed by atoms with Gasteiger partial charge in [-0.2, -0.15) is 5.53 Å². The van der Waals surface area contributed by atoms with Crippen molar-refractivity contribution in [2.45, 2.75) is 51.0 Å². The van der Waals surface area contributed by atoms with Gasteiger partial charge in [0.25, 0.3) is 0 Å². The lowest BCUT2D eigenvalue weighted by molar-refractivity contribution is -0.149. The van der Waals surface area contributed by atoms with Crippen molar-refractivity contribution in [1.82, 2.24) is 21.3 Å². The second-order valence-electron chi connectivity index (χ2n) is 5.00. The summed E-state index contributed by atoms with van der Waals surface area (Å²) in [7, 11) is 0. The van der Waals surface area contributed by atoms with E-state index < -0.39 is 11.8 Å². The highest BCUT2D eigenvalue weighted by atomic mass is 16.2. The Kier molecular flexibility index (Phi) is 4.95. The van der Waals surface area contributed by atoms with E-state index in [1.807, 2.05) is 0 Å². The van der Waals surface area contributed by atoms with Gasteiger partial charge in [-0.25, -0.2) is 5.43 Å². The Bertz CT molecular complexity index is 300. The van der Waals surface area contributed by atoms with Gasteiger partial charge in [-0.15, -0.1) is 0 Å². The van der Waals surface area contributed by atoms with Crippen LogP contribution in [0.4, 0.5) is 0 Å². The maximum Gasteiger partial charge on any atom is 0.324 e. The number of hydrogen-bond acceptors (Lipinski definition) is 4. The molecule has 0 radical (unpaired) electrons. The lowest BCUT2D eigenvalue weighted by Gasteiger charge is -2.34. The van der Waals surface area contributed by atoms with Gasteiger partial charge in [-0.1, -0.05) is 32.1 Å². The third-order valence-electron chi connectivity index (χ3n) is 3.71. The Hall–Kier alpha value is -1.14. The summed E-state index contributed by atoms with van der Waals surface area (Å²) in [5, 5.41) is 0. The monoisotopic (exact) mass is 254 g/mol. The first-order valence-electron chi connectivity index (χ1n) is 6.88. The van der Waals surface area contributed by atoms with E-state index in [2.05, 4.69) is 16.4 Å². The molecule has 6 heteroatoms. The van der Waals surface area contributed by atoms with Gasteiger partial charge >= 0.3 is 11.8 Å². The van der Waals surface area contributed by atoms with Crippen LogP contribution in [-0.4, -0.2) is 35.8 Å². The van der Waals surface area contributed by atoms with Crippen molar-refractivity contribution in [3.05, 3.63) is 0 Å². The number of hydrazine groups is 2. The number of hydrogen-bond donors (Lipinski definition) is 3. The number of carbonyl (C=O) groups is 2. The zero-order chi connectivity index (χ0) is 12.8. The molecule has 3 N–H and O–H groups in total. The number of rotatable bonds is 1. The van der Waals surface area contributed by atoms with E-state index in [1.54, 1.807) is 4.90 Å². The Balaban J connectivity index is 2.01. The standard InChI is InChI=1S/C12H22N4O2/c17-11-12(18)16(9-8-13-15-14-11)10-6-4-2-1-3-5-7-10/h10,13,15H,1-9H2,(H,14,17). The van der Waals surface area contributed by atoms with Crippen molar-refractivity contribution in [2.24, 2.45) is 0 Å². The molecule has 0 bridgehead atoms. The van der Waals surface area contributed by atoms with Crippen molar-refractivity contribution in [2.75, 3.05) is 13.1 Å². The maximum atomic E-state index is 12.0. The summed E-state index contributed by atoms with van der Waals surface area (Å²) in [5.41, 5.74) is 7.72. The minimum absolute atomic E-state index is 0.225. The van der Waals surface area contributed by atoms with Crippen LogP contribution in [-0.2, 0) is 9.59 Å². The zero-order valence-corrected chi connectivity index (χ0v) is 10.7. The summed E-state index contributed by atoms with van der Waals surface area (Å²) in [6.07, 6.45) is 8.13. The first-order valence-corrected chi connectivity index (χ1v) is 6.88. The molecule has 1 heterocycles. The van der Waals surface area contributed by atoms with E-state index in [0.717, 1.165) is 25.7 Å². The van der Waals surface area contributed by atoms with Gasteiger partial charge in [-0.05, 0) is 12.8 Å². The van der Waals surface area contributed by atoms with Crippen LogP contribution in [0.15, 0.2) is 0 Å². The lowest BCUT2D eigenvalue weighted by Crippen LogP contribution is -2.59. The van der Waals surface area contributed by atoms with Gasteiger partial charge in [0.05, 0.1) is 0 Å². The van der Waals surface area contributed by atoms with Crippen molar-refractivity contribution < 1.29 is 9.59 Å². The fraction of sp³-hybridized carbons (Fsp3) is 0.833. The third-order valence-corrected chi connectivity index (χ3v) is 3.71. The molecule has 0 spiro atoms. The zero-order valence-electron chi connectivity index (χ0n) is 10.7. The van der Waals surface area contributed by atoms with Crippen molar-refractivity contribution in [3.63, 3.8) is 0 Å². The van der Waals surface area contributed by atoms with Crippen LogP contribution in [0.3, 0.4) is 0 Å². The fourth-order valence-electron chi connectivity index (χ4n) is 2.72.